The maximum Gasteiger partial charge on any atom is 0.417 e. The third-order valence-corrected chi connectivity index (χ3v) is 6.84. The summed E-state index contributed by atoms with van der Waals surface area (Å²) < 4.78 is 46.3. The van der Waals surface area contributed by atoms with E-state index in [1.54, 1.807) is 24.3 Å². The molecule has 38 heavy (non-hydrogen) atoms. The van der Waals surface area contributed by atoms with Gasteiger partial charge in [0, 0.05) is 31.6 Å². The van der Waals surface area contributed by atoms with Gasteiger partial charge in [-0.3, -0.25) is 4.90 Å². The first-order chi connectivity index (χ1) is 18.3. The van der Waals surface area contributed by atoms with Crippen molar-refractivity contribution in [2.75, 3.05) is 19.7 Å². The molecule has 1 heterocycles. The Kier molecular flexibility index (Phi) is 9.67. The van der Waals surface area contributed by atoms with Gasteiger partial charge in [-0.1, -0.05) is 102 Å². The SMILES string of the molecule is FC(F)(F)c1cccc(CN(CCCOc2cccc(Cl)n2)CC(c2ccccc2)c2ccccc2)c1Cl. The molecule has 8 heteroatoms. The van der Waals surface area contributed by atoms with Crippen LogP contribution in [-0.4, -0.2) is 29.6 Å². The first-order valence-electron chi connectivity index (χ1n) is 12.2. The summed E-state index contributed by atoms with van der Waals surface area (Å²) in [6.45, 7) is 1.79. The summed E-state index contributed by atoms with van der Waals surface area (Å²) in [5, 5.41) is 0.0808. The van der Waals surface area contributed by atoms with Crippen LogP contribution in [0.5, 0.6) is 5.88 Å². The van der Waals surface area contributed by atoms with Crippen molar-refractivity contribution in [3.8, 4) is 5.88 Å². The van der Waals surface area contributed by atoms with Crippen molar-refractivity contribution < 1.29 is 17.9 Å². The van der Waals surface area contributed by atoms with E-state index in [0.29, 0.717) is 42.7 Å². The van der Waals surface area contributed by atoms with Crippen LogP contribution < -0.4 is 4.74 Å². The number of benzene rings is 3. The quantitative estimate of drug-likeness (QED) is 0.136. The van der Waals surface area contributed by atoms with Crippen LogP contribution in [0.2, 0.25) is 10.2 Å². The summed E-state index contributed by atoms with van der Waals surface area (Å²) in [5.41, 5.74) is 1.85. The van der Waals surface area contributed by atoms with Crippen molar-refractivity contribution in [2.45, 2.75) is 25.1 Å². The molecule has 0 amide bonds. The third kappa shape index (κ3) is 7.73. The van der Waals surface area contributed by atoms with E-state index < -0.39 is 11.7 Å². The van der Waals surface area contributed by atoms with Gasteiger partial charge < -0.3 is 4.74 Å². The lowest BCUT2D eigenvalue weighted by Crippen LogP contribution is -2.31. The molecule has 0 N–H and O–H groups in total. The number of hydrogen-bond acceptors (Lipinski definition) is 3. The summed E-state index contributed by atoms with van der Waals surface area (Å²) in [6, 6.07) is 29.4. The van der Waals surface area contributed by atoms with E-state index in [-0.39, 0.29) is 17.5 Å². The molecule has 1 aromatic heterocycles. The Bertz CT molecular complexity index is 1260. The molecule has 4 rings (SSSR count). The van der Waals surface area contributed by atoms with E-state index >= 15 is 0 Å². The van der Waals surface area contributed by atoms with Crippen molar-refractivity contribution >= 4 is 23.2 Å². The average Bonchev–Trinajstić information content (AvgIpc) is 2.91. The summed E-state index contributed by atoms with van der Waals surface area (Å²) in [7, 11) is 0. The second-order valence-electron chi connectivity index (χ2n) is 8.89. The summed E-state index contributed by atoms with van der Waals surface area (Å²) in [6.07, 6.45) is -3.90. The maximum atomic E-state index is 13.5. The predicted molar refractivity (Wildman–Crippen MR) is 146 cm³/mol. The standard InChI is InChI=1S/C30H27Cl2F3N2O/c31-27-16-8-17-28(36-27)38-19-9-18-37(20-24-14-7-15-26(29(24)32)30(33,34)35)21-25(22-10-3-1-4-11-22)23-12-5-2-6-13-23/h1-8,10-17,25H,9,18-21H2. The molecule has 3 nitrogen and oxygen atoms in total. The number of ether oxygens (including phenoxy) is 1. The van der Waals surface area contributed by atoms with E-state index in [4.69, 9.17) is 27.9 Å². The molecule has 0 atom stereocenters. The highest BCUT2D eigenvalue weighted by molar-refractivity contribution is 6.32. The lowest BCUT2D eigenvalue weighted by atomic mass is 9.90. The van der Waals surface area contributed by atoms with Crippen LogP contribution in [0, 0.1) is 0 Å². The second kappa shape index (κ2) is 13.1. The number of hydrogen-bond donors (Lipinski definition) is 0. The highest BCUT2D eigenvalue weighted by Gasteiger charge is 2.34. The van der Waals surface area contributed by atoms with E-state index in [9.17, 15) is 13.2 Å². The van der Waals surface area contributed by atoms with Crippen molar-refractivity contribution in [3.05, 3.63) is 129 Å². The Morgan fingerprint density at radius 2 is 1.42 bits per heavy atom. The lowest BCUT2D eigenvalue weighted by Gasteiger charge is -2.29. The zero-order chi connectivity index (χ0) is 27.0. The topological polar surface area (TPSA) is 25.4 Å². The number of nitrogens with zero attached hydrogens (tertiary/aromatic N) is 2. The largest absolute Gasteiger partial charge is 0.478 e. The molecular weight excluding hydrogens is 532 g/mol. The Morgan fingerprint density at radius 1 is 0.789 bits per heavy atom. The molecule has 0 radical (unpaired) electrons. The smallest absolute Gasteiger partial charge is 0.417 e. The Balaban J connectivity index is 1.57. The number of halogens is 5. The highest BCUT2D eigenvalue weighted by atomic mass is 35.5. The van der Waals surface area contributed by atoms with Gasteiger partial charge in [-0.25, -0.2) is 4.98 Å². The zero-order valence-corrected chi connectivity index (χ0v) is 22.1. The molecule has 0 fully saturated rings. The Labute approximate surface area is 230 Å². The first kappa shape index (κ1) is 28.0. The monoisotopic (exact) mass is 558 g/mol. The van der Waals surface area contributed by atoms with Gasteiger partial charge in [-0.05, 0) is 35.2 Å². The molecule has 3 aromatic carbocycles. The molecule has 0 aliphatic heterocycles. The van der Waals surface area contributed by atoms with Crippen molar-refractivity contribution in [3.63, 3.8) is 0 Å². The van der Waals surface area contributed by atoms with Crippen LogP contribution in [0.3, 0.4) is 0 Å². The fraction of sp³-hybridized carbons (Fsp3) is 0.233. The summed E-state index contributed by atoms with van der Waals surface area (Å²) in [5.74, 6) is 0.439. The number of alkyl halides is 3. The molecule has 0 unspecified atom stereocenters. The summed E-state index contributed by atoms with van der Waals surface area (Å²) >= 11 is 12.2. The van der Waals surface area contributed by atoms with Crippen molar-refractivity contribution in [1.82, 2.24) is 9.88 Å². The predicted octanol–water partition coefficient (Wildman–Crippen LogP) is 8.51. The highest BCUT2D eigenvalue weighted by Crippen LogP contribution is 2.37. The minimum atomic E-state index is -4.52. The van der Waals surface area contributed by atoms with E-state index in [2.05, 4.69) is 34.1 Å². The van der Waals surface area contributed by atoms with Crippen molar-refractivity contribution in [1.29, 1.82) is 0 Å². The normalized spacial score (nSPS) is 11.8. The van der Waals surface area contributed by atoms with Gasteiger partial charge in [0.15, 0.2) is 0 Å². The molecule has 0 aliphatic rings. The van der Waals surface area contributed by atoms with Gasteiger partial charge in [0.1, 0.15) is 5.15 Å². The Hall–Kier alpha value is -3.06. The molecule has 0 spiro atoms. The Morgan fingerprint density at radius 3 is 2.03 bits per heavy atom. The molecule has 0 aliphatic carbocycles. The molecule has 198 valence electrons. The number of rotatable bonds is 11. The zero-order valence-electron chi connectivity index (χ0n) is 20.5. The van der Waals surface area contributed by atoms with Crippen LogP contribution in [0.25, 0.3) is 0 Å². The minimum absolute atomic E-state index is 0.0116. The van der Waals surface area contributed by atoms with Gasteiger partial charge in [-0.15, -0.1) is 0 Å². The fourth-order valence-corrected chi connectivity index (χ4v) is 4.81. The molecule has 0 bridgehead atoms. The molecular formula is C30H27Cl2F3N2O. The number of pyridine rings is 1. The molecule has 0 saturated carbocycles. The molecule has 4 aromatic rings. The number of aromatic nitrogens is 1. The van der Waals surface area contributed by atoms with E-state index in [0.717, 1.165) is 17.2 Å². The van der Waals surface area contributed by atoms with Gasteiger partial charge in [-0.2, -0.15) is 13.2 Å². The minimum Gasteiger partial charge on any atom is -0.478 e. The lowest BCUT2D eigenvalue weighted by molar-refractivity contribution is -0.137. The van der Waals surface area contributed by atoms with E-state index in [1.165, 1.54) is 6.07 Å². The molecule has 0 saturated heterocycles. The first-order valence-corrected chi connectivity index (χ1v) is 13.0. The van der Waals surface area contributed by atoms with Crippen LogP contribution in [0.15, 0.2) is 97.1 Å². The third-order valence-electron chi connectivity index (χ3n) is 6.18. The van der Waals surface area contributed by atoms with Gasteiger partial charge in [0.25, 0.3) is 0 Å². The average molecular weight is 559 g/mol. The maximum absolute atomic E-state index is 13.5. The van der Waals surface area contributed by atoms with Crippen molar-refractivity contribution in [2.24, 2.45) is 0 Å². The van der Waals surface area contributed by atoms with Crippen LogP contribution in [-0.2, 0) is 12.7 Å². The van der Waals surface area contributed by atoms with Crippen LogP contribution in [0.1, 0.15) is 34.6 Å². The van der Waals surface area contributed by atoms with Gasteiger partial charge in [0.05, 0.1) is 17.2 Å². The second-order valence-corrected chi connectivity index (χ2v) is 9.65. The van der Waals surface area contributed by atoms with Crippen LogP contribution >= 0.6 is 23.2 Å². The van der Waals surface area contributed by atoms with Crippen LogP contribution in [0.4, 0.5) is 13.2 Å². The fourth-order valence-electron chi connectivity index (χ4n) is 4.36. The van der Waals surface area contributed by atoms with Gasteiger partial charge in [0.2, 0.25) is 5.88 Å². The van der Waals surface area contributed by atoms with E-state index in [1.807, 2.05) is 36.4 Å². The van der Waals surface area contributed by atoms with Gasteiger partial charge >= 0.3 is 6.18 Å². The summed E-state index contributed by atoms with van der Waals surface area (Å²) in [4.78, 5) is 6.26.